The lowest BCUT2D eigenvalue weighted by Gasteiger charge is -2.30. The first-order valence-electron chi connectivity index (χ1n) is 7.15. The largest absolute Gasteiger partial charge is 0.397 e. The Morgan fingerprint density at radius 3 is 3.19 bits per heavy atom. The molecule has 21 heavy (non-hydrogen) atoms. The summed E-state index contributed by atoms with van der Waals surface area (Å²) in [6, 6.07) is 1.76. The SMILES string of the molecule is CCCN1CCOC(c2noc(-c3ccncc3N)n2)C1. The van der Waals surface area contributed by atoms with E-state index in [2.05, 4.69) is 26.9 Å². The number of morpholine rings is 1. The molecule has 3 heterocycles. The molecule has 2 aromatic heterocycles. The second-order valence-electron chi connectivity index (χ2n) is 5.08. The van der Waals surface area contributed by atoms with Crippen molar-refractivity contribution in [1.29, 1.82) is 0 Å². The molecule has 2 N–H and O–H groups in total. The minimum Gasteiger partial charge on any atom is -0.397 e. The van der Waals surface area contributed by atoms with Crippen LogP contribution in [0.15, 0.2) is 23.0 Å². The van der Waals surface area contributed by atoms with Gasteiger partial charge in [-0.2, -0.15) is 4.98 Å². The van der Waals surface area contributed by atoms with Gasteiger partial charge in [0.15, 0.2) is 0 Å². The van der Waals surface area contributed by atoms with Gasteiger partial charge in [0, 0.05) is 19.3 Å². The van der Waals surface area contributed by atoms with Crippen LogP contribution in [-0.4, -0.2) is 46.3 Å². The molecule has 0 bridgehead atoms. The minimum atomic E-state index is -0.147. The van der Waals surface area contributed by atoms with Crippen molar-refractivity contribution in [2.45, 2.75) is 19.4 Å². The highest BCUT2D eigenvalue weighted by molar-refractivity contribution is 5.68. The first-order valence-corrected chi connectivity index (χ1v) is 7.15. The number of hydrogen-bond donors (Lipinski definition) is 1. The fourth-order valence-electron chi connectivity index (χ4n) is 2.45. The summed E-state index contributed by atoms with van der Waals surface area (Å²) in [7, 11) is 0. The first-order chi connectivity index (χ1) is 10.3. The third-order valence-corrected chi connectivity index (χ3v) is 3.50. The van der Waals surface area contributed by atoms with Gasteiger partial charge in [0.1, 0.15) is 6.10 Å². The molecule has 0 aliphatic carbocycles. The van der Waals surface area contributed by atoms with Crippen molar-refractivity contribution >= 4 is 5.69 Å². The molecule has 1 saturated heterocycles. The summed E-state index contributed by atoms with van der Waals surface area (Å²) in [4.78, 5) is 10.7. The molecule has 1 aliphatic rings. The van der Waals surface area contributed by atoms with Gasteiger partial charge < -0.3 is 15.0 Å². The number of nitrogen functional groups attached to an aromatic ring is 1. The Morgan fingerprint density at radius 1 is 1.48 bits per heavy atom. The van der Waals surface area contributed by atoms with Crippen LogP contribution in [0.2, 0.25) is 0 Å². The summed E-state index contributed by atoms with van der Waals surface area (Å²) >= 11 is 0. The van der Waals surface area contributed by atoms with Crippen LogP contribution in [0, 0.1) is 0 Å². The van der Waals surface area contributed by atoms with E-state index in [1.54, 1.807) is 18.5 Å². The molecule has 1 fully saturated rings. The van der Waals surface area contributed by atoms with Gasteiger partial charge in [-0.05, 0) is 19.0 Å². The molecule has 0 spiro atoms. The molecule has 112 valence electrons. The molecule has 1 atom stereocenters. The number of nitrogens with zero attached hydrogens (tertiary/aromatic N) is 4. The molecule has 7 heteroatoms. The molecule has 0 amide bonds. The third-order valence-electron chi connectivity index (χ3n) is 3.50. The Balaban J connectivity index is 1.77. The van der Waals surface area contributed by atoms with Crippen LogP contribution in [0.3, 0.4) is 0 Å². The van der Waals surface area contributed by atoms with Crippen LogP contribution >= 0.6 is 0 Å². The number of ether oxygens (including phenoxy) is 1. The van der Waals surface area contributed by atoms with Gasteiger partial charge in [0.25, 0.3) is 5.89 Å². The number of hydrogen-bond acceptors (Lipinski definition) is 7. The number of rotatable bonds is 4. The lowest BCUT2D eigenvalue weighted by molar-refractivity contribution is -0.0350. The molecule has 7 nitrogen and oxygen atoms in total. The summed E-state index contributed by atoms with van der Waals surface area (Å²) in [5.74, 6) is 0.975. The average Bonchev–Trinajstić information content (AvgIpc) is 2.98. The summed E-state index contributed by atoms with van der Waals surface area (Å²) < 4.78 is 11.1. The van der Waals surface area contributed by atoms with Crippen molar-refractivity contribution in [3.63, 3.8) is 0 Å². The first kappa shape index (κ1) is 14.0. The van der Waals surface area contributed by atoms with Gasteiger partial charge in [0.05, 0.1) is 24.1 Å². The molecule has 3 rings (SSSR count). The van der Waals surface area contributed by atoms with Crippen LogP contribution < -0.4 is 5.73 Å². The Kier molecular flexibility index (Phi) is 4.12. The lowest BCUT2D eigenvalue weighted by Crippen LogP contribution is -2.39. The zero-order valence-electron chi connectivity index (χ0n) is 12.0. The predicted octanol–water partition coefficient (Wildman–Crippen LogP) is 1.50. The van der Waals surface area contributed by atoms with Crippen molar-refractivity contribution in [3.05, 3.63) is 24.3 Å². The zero-order chi connectivity index (χ0) is 14.7. The highest BCUT2D eigenvalue weighted by Crippen LogP contribution is 2.26. The maximum atomic E-state index is 5.87. The van der Waals surface area contributed by atoms with Gasteiger partial charge in [0.2, 0.25) is 5.82 Å². The summed E-state index contributed by atoms with van der Waals surface area (Å²) in [5, 5.41) is 4.04. The minimum absolute atomic E-state index is 0.147. The maximum absolute atomic E-state index is 5.87. The van der Waals surface area contributed by atoms with Gasteiger partial charge >= 0.3 is 0 Å². The van der Waals surface area contributed by atoms with E-state index in [1.807, 2.05) is 0 Å². The highest BCUT2D eigenvalue weighted by Gasteiger charge is 2.26. The van der Waals surface area contributed by atoms with Crippen LogP contribution in [0.25, 0.3) is 11.5 Å². The monoisotopic (exact) mass is 289 g/mol. The van der Waals surface area contributed by atoms with Crippen molar-refractivity contribution in [2.75, 3.05) is 32.0 Å². The number of nitrogens with two attached hydrogens (primary N) is 1. The van der Waals surface area contributed by atoms with Gasteiger partial charge in [-0.3, -0.25) is 9.88 Å². The molecular formula is C14H19N5O2. The van der Waals surface area contributed by atoms with Gasteiger partial charge in [-0.25, -0.2) is 0 Å². The maximum Gasteiger partial charge on any atom is 0.260 e. The van der Waals surface area contributed by atoms with Gasteiger partial charge in [-0.1, -0.05) is 12.1 Å². The molecule has 0 saturated carbocycles. The lowest BCUT2D eigenvalue weighted by atomic mass is 10.2. The number of pyridine rings is 1. The molecule has 1 aliphatic heterocycles. The van der Waals surface area contributed by atoms with Crippen molar-refractivity contribution in [1.82, 2.24) is 20.0 Å². The Bertz CT molecular complexity index is 599. The number of anilines is 1. The molecular weight excluding hydrogens is 270 g/mol. The molecule has 0 radical (unpaired) electrons. The summed E-state index contributed by atoms with van der Waals surface area (Å²) in [6.45, 7) is 5.65. The van der Waals surface area contributed by atoms with E-state index in [0.29, 0.717) is 29.6 Å². The summed E-state index contributed by atoms with van der Waals surface area (Å²) in [5.41, 5.74) is 7.09. The van der Waals surface area contributed by atoms with E-state index in [0.717, 1.165) is 26.1 Å². The van der Waals surface area contributed by atoms with E-state index in [-0.39, 0.29) is 6.10 Å². The Hall–Kier alpha value is -1.99. The average molecular weight is 289 g/mol. The third kappa shape index (κ3) is 3.03. The second kappa shape index (κ2) is 6.19. The second-order valence-corrected chi connectivity index (χ2v) is 5.08. The summed E-state index contributed by atoms with van der Waals surface area (Å²) in [6.07, 6.45) is 4.19. The highest BCUT2D eigenvalue weighted by atomic mass is 16.5. The van der Waals surface area contributed by atoms with E-state index in [1.165, 1.54) is 0 Å². The quantitative estimate of drug-likeness (QED) is 0.912. The Labute approximate surface area is 123 Å². The molecule has 0 aromatic carbocycles. The topological polar surface area (TPSA) is 90.3 Å². The van der Waals surface area contributed by atoms with E-state index in [4.69, 9.17) is 15.0 Å². The predicted molar refractivity (Wildman–Crippen MR) is 77.4 cm³/mol. The standard InChI is InChI=1S/C14H19N5O2/c1-2-5-19-6-7-20-12(9-19)13-17-14(21-18-13)10-3-4-16-8-11(10)15/h3-4,8,12H,2,5-7,9,15H2,1H3. The van der Waals surface area contributed by atoms with Crippen LogP contribution in [0.5, 0.6) is 0 Å². The van der Waals surface area contributed by atoms with Crippen LogP contribution in [-0.2, 0) is 4.74 Å². The normalized spacial score (nSPS) is 19.8. The van der Waals surface area contributed by atoms with Crippen molar-refractivity contribution in [3.8, 4) is 11.5 Å². The molecule has 1 unspecified atom stereocenters. The van der Waals surface area contributed by atoms with Crippen LogP contribution in [0.4, 0.5) is 5.69 Å². The smallest absolute Gasteiger partial charge is 0.260 e. The van der Waals surface area contributed by atoms with Crippen LogP contribution in [0.1, 0.15) is 25.3 Å². The van der Waals surface area contributed by atoms with Crippen molar-refractivity contribution < 1.29 is 9.26 Å². The molecule has 2 aromatic rings. The van der Waals surface area contributed by atoms with E-state index < -0.39 is 0 Å². The van der Waals surface area contributed by atoms with Crippen molar-refractivity contribution in [2.24, 2.45) is 0 Å². The van der Waals surface area contributed by atoms with E-state index >= 15 is 0 Å². The number of aromatic nitrogens is 3. The zero-order valence-corrected chi connectivity index (χ0v) is 12.0. The Morgan fingerprint density at radius 2 is 2.38 bits per heavy atom. The fourth-order valence-corrected chi connectivity index (χ4v) is 2.45. The fraction of sp³-hybridized carbons (Fsp3) is 0.500. The van der Waals surface area contributed by atoms with E-state index in [9.17, 15) is 0 Å². The van der Waals surface area contributed by atoms with Gasteiger partial charge in [-0.15, -0.1) is 0 Å².